The molecule has 0 aliphatic rings. The van der Waals surface area contributed by atoms with Crippen LogP contribution in [0.15, 0.2) is 36.8 Å². The quantitative estimate of drug-likeness (QED) is 0.208. The van der Waals surface area contributed by atoms with Crippen LogP contribution in [-0.2, 0) is 9.59 Å². The summed E-state index contributed by atoms with van der Waals surface area (Å²) in [5.74, 6) is 6.16. The average Bonchev–Trinajstić information content (AvgIpc) is 2.88. The highest BCUT2D eigenvalue weighted by molar-refractivity contribution is 5.92. The van der Waals surface area contributed by atoms with Crippen LogP contribution in [0, 0.1) is 17.7 Å². The number of unbranched alkanes of at least 4 members (excludes halogenated alkanes) is 1. The summed E-state index contributed by atoms with van der Waals surface area (Å²) in [5.41, 5.74) is 1.08. The highest BCUT2D eigenvalue weighted by Crippen LogP contribution is 2.17. The fraction of sp³-hybridized carbons (Fsp3) is 0.444. The molecular formula is C27H37FN8O2. The molecule has 0 aliphatic carbocycles. The van der Waals surface area contributed by atoms with Gasteiger partial charge < -0.3 is 25.8 Å². The first-order valence-corrected chi connectivity index (χ1v) is 12.5. The minimum atomic E-state index is -0.586. The Morgan fingerprint density at radius 2 is 1.97 bits per heavy atom. The predicted octanol–water partition coefficient (Wildman–Crippen LogP) is 2.79. The number of carbonyl (C=O) groups excluding carboxylic acids is 2. The standard InChI is InChI=1S/C27H37FN8O2/c1-6-13-30-25-21(17-32-27(34-25)33-23-16-22(28)18-29-19-23)11-8-7-9-14-31-26(38)20(2)36(5)24(37)12-10-15-35(3)4/h10,12,16-20H,6-7,9,13-15H2,1-5H3,(H,31,38)(H2,30,32,33,34)/t20-/m0/s1. The Bertz CT molecular complexity index is 1160. The molecular weight excluding hydrogens is 487 g/mol. The van der Waals surface area contributed by atoms with E-state index in [0.29, 0.717) is 55.5 Å². The number of halogens is 1. The Balaban J connectivity index is 1.87. The first-order chi connectivity index (χ1) is 18.2. The Hall–Kier alpha value is -4.04. The van der Waals surface area contributed by atoms with Gasteiger partial charge >= 0.3 is 0 Å². The number of carbonyl (C=O) groups is 2. The van der Waals surface area contributed by atoms with Crippen molar-refractivity contribution in [3.05, 3.63) is 48.2 Å². The van der Waals surface area contributed by atoms with Gasteiger partial charge in [0.2, 0.25) is 17.8 Å². The Kier molecular flexibility index (Phi) is 12.7. The van der Waals surface area contributed by atoms with Gasteiger partial charge in [-0.25, -0.2) is 9.37 Å². The molecule has 1 atom stereocenters. The van der Waals surface area contributed by atoms with Crippen molar-refractivity contribution in [1.29, 1.82) is 0 Å². The van der Waals surface area contributed by atoms with Gasteiger partial charge in [0, 0.05) is 45.2 Å². The lowest BCUT2D eigenvalue weighted by atomic mass is 10.2. The third-order valence-corrected chi connectivity index (χ3v) is 5.33. The van der Waals surface area contributed by atoms with Gasteiger partial charge in [-0.15, -0.1) is 0 Å². The molecule has 0 unspecified atom stereocenters. The van der Waals surface area contributed by atoms with Crippen molar-refractivity contribution < 1.29 is 14.0 Å². The second-order valence-corrected chi connectivity index (χ2v) is 8.89. The smallest absolute Gasteiger partial charge is 0.246 e. The summed E-state index contributed by atoms with van der Waals surface area (Å²) < 4.78 is 13.4. The zero-order chi connectivity index (χ0) is 27.9. The summed E-state index contributed by atoms with van der Waals surface area (Å²) in [6, 6.07) is 0.722. The maximum Gasteiger partial charge on any atom is 0.246 e. The summed E-state index contributed by atoms with van der Waals surface area (Å²) in [5, 5.41) is 9.03. The molecule has 0 fully saturated rings. The van der Waals surface area contributed by atoms with Crippen molar-refractivity contribution in [3.63, 3.8) is 0 Å². The molecule has 0 saturated heterocycles. The molecule has 38 heavy (non-hydrogen) atoms. The van der Waals surface area contributed by atoms with Gasteiger partial charge in [-0.05, 0) is 33.9 Å². The zero-order valence-corrected chi connectivity index (χ0v) is 22.7. The molecule has 0 radical (unpaired) electrons. The van der Waals surface area contributed by atoms with Gasteiger partial charge in [-0.1, -0.05) is 24.8 Å². The van der Waals surface area contributed by atoms with Gasteiger partial charge in [0.25, 0.3) is 0 Å². The molecule has 204 valence electrons. The molecule has 0 saturated carbocycles. The summed E-state index contributed by atoms with van der Waals surface area (Å²) >= 11 is 0. The lowest BCUT2D eigenvalue weighted by molar-refractivity contribution is -0.135. The van der Waals surface area contributed by atoms with E-state index >= 15 is 0 Å². The molecule has 3 N–H and O–H groups in total. The van der Waals surface area contributed by atoms with Crippen LogP contribution >= 0.6 is 0 Å². The molecule has 2 rings (SSSR count). The summed E-state index contributed by atoms with van der Waals surface area (Å²) in [6.45, 7) is 5.54. The van der Waals surface area contributed by atoms with Gasteiger partial charge in [0.05, 0.1) is 29.8 Å². The lowest BCUT2D eigenvalue weighted by Gasteiger charge is -2.23. The monoisotopic (exact) mass is 524 g/mol. The number of nitrogens with zero attached hydrogens (tertiary/aromatic N) is 5. The van der Waals surface area contributed by atoms with Gasteiger partial charge in [-0.3, -0.25) is 14.6 Å². The second-order valence-electron chi connectivity index (χ2n) is 8.89. The van der Waals surface area contributed by atoms with E-state index in [9.17, 15) is 14.0 Å². The number of likely N-dealkylation sites (N-methyl/N-ethyl adjacent to an activating group) is 2. The number of hydrogen-bond acceptors (Lipinski definition) is 8. The predicted molar refractivity (Wildman–Crippen MR) is 147 cm³/mol. The molecule has 2 aromatic heterocycles. The third-order valence-electron chi connectivity index (χ3n) is 5.33. The van der Waals surface area contributed by atoms with Crippen molar-refractivity contribution in [3.8, 4) is 11.8 Å². The average molecular weight is 525 g/mol. The maximum atomic E-state index is 13.4. The minimum absolute atomic E-state index is 0.217. The van der Waals surface area contributed by atoms with Crippen molar-refractivity contribution in [2.24, 2.45) is 0 Å². The van der Waals surface area contributed by atoms with E-state index in [4.69, 9.17) is 0 Å². The minimum Gasteiger partial charge on any atom is -0.369 e. The maximum absolute atomic E-state index is 13.4. The zero-order valence-electron chi connectivity index (χ0n) is 22.7. The molecule has 0 aromatic carbocycles. The van der Waals surface area contributed by atoms with Crippen LogP contribution in [0.4, 0.5) is 21.8 Å². The summed E-state index contributed by atoms with van der Waals surface area (Å²) in [6.07, 6.45) is 9.57. The fourth-order valence-electron chi connectivity index (χ4n) is 3.06. The fourth-order valence-corrected chi connectivity index (χ4v) is 3.06. The van der Waals surface area contributed by atoms with Crippen LogP contribution < -0.4 is 16.0 Å². The molecule has 10 nitrogen and oxygen atoms in total. The SMILES string of the molecule is CCCNc1nc(Nc2cncc(F)c2)ncc1C#CCCCNC(=O)[C@H](C)N(C)C(=O)C=CCN(C)C. The number of aromatic nitrogens is 3. The van der Waals surface area contributed by atoms with Crippen LogP contribution in [0.25, 0.3) is 0 Å². The molecule has 2 heterocycles. The number of amides is 2. The molecule has 0 spiro atoms. The molecule has 11 heteroatoms. The van der Waals surface area contributed by atoms with E-state index in [0.717, 1.165) is 12.6 Å². The third kappa shape index (κ3) is 10.5. The van der Waals surface area contributed by atoms with E-state index in [1.165, 1.54) is 23.2 Å². The van der Waals surface area contributed by atoms with E-state index in [1.807, 2.05) is 25.9 Å². The highest BCUT2D eigenvalue weighted by atomic mass is 19.1. The Morgan fingerprint density at radius 1 is 1.18 bits per heavy atom. The molecule has 2 amide bonds. The van der Waals surface area contributed by atoms with Gasteiger partial charge in [-0.2, -0.15) is 4.98 Å². The van der Waals surface area contributed by atoms with Crippen LogP contribution in [0.1, 0.15) is 38.7 Å². The second kappa shape index (κ2) is 15.9. The lowest BCUT2D eigenvalue weighted by Crippen LogP contribution is -2.45. The number of rotatable bonds is 13. The van der Waals surface area contributed by atoms with Crippen LogP contribution in [-0.4, -0.2) is 83.4 Å². The van der Waals surface area contributed by atoms with E-state index < -0.39 is 11.9 Å². The van der Waals surface area contributed by atoms with E-state index in [2.05, 4.69) is 42.7 Å². The van der Waals surface area contributed by atoms with Crippen LogP contribution in [0.3, 0.4) is 0 Å². The van der Waals surface area contributed by atoms with Crippen LogP contribution in [0.5, 0.6) is 0 Å². The normalized spacial score (nSPS) is 11.6. The van der Waals surface area contributed by atoms with E-state index in [1.54, 1.807) is 26.2 Å². The van der Waals surface area contributed by atoms with Gasteiger partial charge in [0.15, 0.2) is 0 Å². The Labute approximate surface area is 224 Å². The summed E-state index contributed by atoms with van der Waals surface area (Å²) in [4.78, 5) is 40.6. The number of anilines is 3. The molecule has 0 aliphatic heterocycles. The summed E-state index contributed by atoms with van der Waals surface area (Å²) in [7, 11) is 5.44. The first-order valence-electron chi connectivity index (χ1n) is 12.5. The van der Waals surface area contributed by atoms with Gasteiger partial charge in [0.1, 0.15) is 17.7 Å². The van der Waals surface area contributed by atoms with Crippen LogP contribution in [0.2, 0.25) is 0 Å². The number of hydrogen-bond donors (Lipinski definition) is 3. The molecule has 0 bridgehead atoms. The first kappa shape index (κ1) is 30.2. The highest BCUT2D eigenvalue weighted by Gasteiger charge is 2.20. The number of nitrogens with one attached hydrogen (secondary N) is 3. The largest absolute Gasteiger partial charge is 0.369 e. The Morgan fingerprint density at radius 3 is 2.68 bits per heavy atom. The molecule has 2 aromatic rings. The van der Waals surface area contributed by atoms with Crippen molar-refractivity contribution >= 4 is 29.3 Å². The van der Waals surface area contributed by atoms with Crippen molar-refractivity contribution in [2.45, 2.75) is 39.2 Å². The van der Waals surface area contributed by atoms with Crippen molar-refractivity contribution in [1.82, 2.24) is 30.1 Å². The van der Waals surface area contributed by atoms with Crippen molar-refractivity contribution in [2.75, 3.05) is 51.4 Å². The number of pyridine rings is 1. The topological polar surface area (TPSA) is 115 Å². The van der Waals surface area contributed by atoms with E-state index in [-0.39, 0.29) is 11.8 Å².